The summed E-state index contributed by atoms with van der Waals surface area (Å²) in [5.74, 6) is -2.99. The molecule has 0 radical (unpaired) electrons. The molecule has 7 rings (SSSR count). The Balaban J connectivity index is 1.32. The van der Waals surface area contributed by atoms with Crippen LogP contribution in [0.2, 0.25) is 0 Å². The van der Waals surface area contributed by atoms with Crippen molar-refractivity contribution in [1.29, 1.82) is 0 Å². The fourth-order valence-corrected chi connectivity index (χ4v) is 6.74. The van der Waals surface area contributed by atoms with Crippen LogP contribution in [0.15, 0.2) is 36.9 Å². The number of amides is 3. The van der Waals surface area contributed by atoms with Gasteiger partial charge in [-0.1, -0.05) is 6.07 Å². The number of alkyl halides is 2. The molecule has 0 unspecified atom stereocenters. The molecule has 3 aromatic heterocycles. The molecule has 1 aromatic carbocycles. The maximum absolute atomic E-state index is 15.0. The first-order valence-electron chi connectivity index (χ1n) is 16.0. The number of carbonyl (C=O) groups excluding carboxylic acids is 3. The molecule has 2 aliphatic heterocycles. The summed E-state index contributed by atoms with van der Waals surface area (Å²) in [7, 11) is 1.36. The van der Waals surface area contributed by atoms with Gasteiger partial charge in [0.1, 0.15) is 11.3 Å². The number of anilines is 1. The normalized spacial score (nSPS) is 18.3. The van der Waals surface area contributed by atoms with Gasteiger partial charge in [-0.3, -0.25) is 14.5 Å². The molecule has 1 atom stereocenters. The number of nitrogens with zero attached hydrogens (tertiary/aromatic N) is 7. The van der Waals surface area contributed by atoms with Crippen LogP contribution < -0.4 is 15.4 Å². The van der Waals surface area contributed by atoms with Gasteiger partial charge in [-0.2, -0.15) is 8.78 Å². The highest BCUT2D eigenvalue weighted by molar-refractivity contribution is 6.08. The Labute approximate surface area is 278 Å². The second-order valence-corrected chi connectivity index (χ2v) is 12.7. The van der Waals surface area contributed by atoms with Crippen LogP contribution >= 0.6 is 0 Å². The average molecular weight is 679 g/mol. The van der Waals surface area contributed by atoms with Gasteiger partial charge in [0, 0.05) is 24.7 Å². The number of halogens is 3. The van der Waals surface area contributed by atoms with E-state index in [2.05, 4.69) is 21.9 Å². The van der Waals surface area contributed by atoms with Gasteiger partial charge >= 0.3 is 18.1 Å². The minimum Gasteiger partial charge on any atom is -0.453 e. The second kappa shape index (κ2) is 12.3. The fraction of sp³-hybridized carbons (Fsp3) is 0.424. The van der Waals surface area contributed by atoms with Crippen molar-refractivity contribution in [3.63, 3.8) is 0 Å². The summed E-state index contributed by atoms with van der Waals surface area (Å²) in [5.41, 5.74) is 8.11. The molecule has 1 saturated heterocycles. The second-order valence-electron chi connectivity index (χ2n) is 12.7. The smallest absolute Gasteiger partial charge is 0.453 e. The van der Waals surface area contributed by atoms with E-state index in [-0.39, 0.29) is 40.9 Å². The zero-order valence-corrected chi connectivity index (χ0v) is 26.7. The minimum absolute atomic E-state index is 0.00850. The van der Waals surface area contributed by atoms with Crippen LogP contribution in [0.25, 0.3) is 22.3 Å². The molecule has 0 bridgehead atoms. The molecule has 49 heavy (non-hydrogen) atoms. The minimum atomic E-state index is -4.23. The van der Waals surface area contributed by atoms with E-state index in [1.807, 2.05) is 4.57 Å². The summed E-state index contributed by atoms with van der Waals surface area (Å²) >= 11 is 0. The number of piperidine rings is 1. The molecule has 3 aliphatic rings. The summed E-state index contributed by atoms with van der Waals surface area (Å²) in [6.45, 7) is 2.66. The van der Waals surface area contributed by atoms with Crippen molar-refractivity contribution < 1.29 is 37.0 Å². The quantitative estimate of drug-likeness (QED) is 0.280. The lowest BCUT2D eigenvalue weighted by Gasteiger charge is -2.34. The number of fused-ring (bicyclic) bond motifs is 2. The number of likely N-dealkylation sites (tertiary alicyclic amines) is 1. The number of rotatable bonds is 8. The number of benzene rings is 1. The maximum atomic E-state index is 15.0. The highest BCUT2D eigenvalue weighted by Crippen LogP contribution is 2.45. The Morgan fingerprint density at radius 2 is 1.84 bits per heavy atom. The van der Waals surface area contributed by atoms with Crippen LogP contribution in [0.5, 0.6) is 5.75 Å². The van der Waals surface area contributed by atoms with Crippen molar-refractivity contribution in [3.05, 3.63) is 59.8 Å². The Morgan fingerprint density at radius 3 is 2.49 bits per heavy atom. The molecule has 5 heterocycles. The van der Waals surface area contributed by atoms with E-state index in [0.29, 0.717) is 53.4 Å². The van der Waals surface area contributed by atoms with Gasteiger partial charge in [0.05, 0.1) is 49.3 Å². The van der Waals surface area contributed by atoms with Crippen molar-refractivity contribution in [2.45, 2.75) is 57.7 Å². The molecule has 1 aliphatic carbocycles. The van der Waals surface area contributed by atoms with Gasteiger partial charge in [0.25, 0.3) is 5.91 Å². The zero-order chi connectivity index (χ0) is 34.6. The van der Waals surface area contributed by atoms with Crippen molar-refractivity contribution in [2.24, 2.45) is 17.6 Å². The molecule has 3 amide bonds. The monoisotopic (exact) mass is 678 g/mol. The highest BCUT2D eigenvalue weighted by Gasteiger charge is 2.51. The highest BCUT2D eigenvalue weighted by atomic mass is 19.3. The number of aromatic nitrogens is 5. The van der Waals surface area contributed by atoms with Crippen molar-refractivity contribution in [2.75, 3.05) is 25.1 Å². The predicted molar refractivity (Wildman–Crippen MR) is 168 cm³/mol. The van der Waals surface area contributed by atoms with Crippen LogP contribution in [0.3, 0.4) is 0 Å². The van der Waals surface area contributed by atoms with E-state index in [9.17, 15) is 18.8 Å². The van der Waals surface area contributed by atoms with Crippen LogP contribution in [0, 0.1) is 17.7 Å². The third-order valence-corrected chi connectivity index (χ3v) is 9.55. The van der Waals surface area contributed by atoms with Crippen molar-refractivity contribution in [1.82, 2.24) is 29.4 Å². The standard InChI is InChI=1S/C33H33F3N8O5/c1-17(19-7-9-42(10-8-19)32(47)48-2)44-16-40-28-26(27(29(37)45)22(41-30(28)44)11-18-3-4-18)20-5-6-23-24(12-20)49-33(35,36)31(46)43(23)15-25-38-13-21(34)14-39-25/h5-6,12-14,16-19H,3-4,7-11,15H2,1-2H3,(H2,37,45)/t17-/m0/s1. The van der Waals surface area contributed by atoms with Crippen molar-refractivity contribution in [3.8, 4) is 16.9 Å². The van der Waals surface area contributed by atoms with E-state index in [1.165, 1.54) is 19.2 Å². The molecule has 4 aromatic rings. The van der Waals surface area contributed by atoms with Gasteiger partial charge in [0.15, 0.2) is 17.2 Å². The fourth-order valence-electron chi connectivity index (χ4n) is 6.74. The van der Waals surface area contributed by atoms with E-state index >= 15 is 8.78 Å². The Bertz CT molecular complexity index is 1960. The van der Waals surface area contributed by atoms with E-state index in [0.717, 1.165) is 43.0 Å². The number of primary amides is 1. The molecule has 13 nitrogen and oxygen atoms in total. The van der Waals surface area contributed by atoms with Crippen LogP contribution in [0.4, 0.5) is 23.7 Å². The zero-order valence-electron chi connectivity index (χ0n) is 26.7. The Hall–Kier alpha value is -5.28. The molecular weight excluding hydrogens is 645 g/mol. The lowest BCUT2D eigenvalue weighted by Crippen LogP contribution is -2.50. The van der Waals surface area contributed by atoms with Crippen LogP contribution in [-0.2, 0) is 22.5 Å². The first-order valence-corrected chi connectivity index (χ1v) is 16.0. The molecular formula is C33H33F3N8O5. The molecule has 0 spiro atoms. The van der Waals surface area contributed by atoms with Gasteiger partial charge in [-0.15, -0.1) is 0 Å². The number of nitrogens with two attached hydrogens (primary N) is 1. The largest absolute Gasteiger partial charge is 0.482 e. The molecule has 1 saturated carbocycles. The molecule has 256 valence electrons. The van der Waals surface area contributed by atoms with Gasteiger partial charge in [0.2, 0.25) is 0 Å². The SMILES string of the molecule is COC(=O)N1CCC([C@H](C)n2cnc3c(-c4ccc5c(c4)OC(F)(F)C(=O)N5Cc4ncc(F)cn4)c(C(N)=O)c(CC4CC4)nc32)CC1. The van der Waals surface area contributed by atoms with Gasteiger partial charge in [-0.05, 0) is 68.6 Å². The maximum Gasteiger partial charge on any atom is 0.482 e. The third kappa shape index (κ3) is 5.99. The van der Waals surface area contributed by atoms with Crippen LogP contribution in [-0.4, -0.2) is 73.6 Å². The van der Waals surface area contributed by atoms with E-state index < -0.39 is 30.3 Å². The predicted octanol–water partition coefficient (Wildman–Crippen LogP) is 4.64. The third-order valence-electron chi connectivity index (χ3n) is 9.55. The summed E-state index contributed by atoms with van der Waals surface area (Å²) < 4.78 is 55.2. The number of methoxy groups -OCH3 is 1. The lowest BCUT2D eigenvalue weighted by atomic mass is 9.90. The van der Waals surface area contributed by atoms with Gasteiger partial charge in [-0.25, -0.2) is 29.1 Å². The first-order chi connectivity index (χ1) is 23.4. The summed E-state index contributed by atoms with van der Waals surface area (Å²) in [5, 5.41) is 0. The Morgan fingerprint density at radius 1 is 1.12 bits per heavy atom. The van der Waals surface area contributed by atoms with E-state index in [1.54, 1.807) is 17.3 Å². The summed E-state index contributed by atoms with van der Waals surface area (Å²) in [4.78, 5) is 57.6. The lowest BCUT2D eigenvalue weighted by molar-refractivity contribution is -0.193. The molecule has 2 fully saturated rings. The average Bonchev–Trinajstić information content (AvgIpc) is 3.81. The number of imidazole rings is 1. The summed E-state index contributed by atoms with van der Waals surface area (Å²) in [6.07, 6.45) is 2.71. The first kappa shape index (κ1) is 32.3. The van der Waals surface area contributed by atoms with Crippen LogP contribution in [0.1, 0.15) is 60.5 Å². The summed E-state index contributed by atoms with van der Waals surface area (Å²) in [6, 6.07) is 4.23. The topological polar surface area (TPSA) is 159 Å². The number of ether oxygens (including phenoxy) is 2. The molecule has 2 N–H and O–H groups in total. The number of hydrogen-bond donors (Lipinski definition) is 1. The van der Waals surface area contributed by atoms with Gasteiger partial charge < -0.3 is 24.7 Å². The number of hydrogen-bond acceptors (Lipinski definition) is 9. The van der Waals surface area contributed by atoms with Crippen molar-refractivity contribution >= 4 is 34.8 Å². The van der Waals surface area contributed by atoms with E-state index in [4.69, 9.17) is 20.2 Å². The number of carbonyl (C=O) groups is 3. The number of pyridine rings is 1. The Kier molecular flexibility index (Phi) is 8.11. The molecule has 16 heteroatoms.